The largest absolute Gasteiger partial charge is 0.478 e. The average molecular weight is 281 g/mol. The maximum atomic E-state index is 10.7. The highest BCUT2D eigenvalue weighted by Gasteiger charge is 2.33. The van der Waals surface area contributed by atoms with E-state index in [1.807, 2.05) is 0 Å². The van der Waals surface area contributed by atoms with Gasteiger partial charge in [-0.1, -0.05) is 23.2 Å². The van der Waals surface area contributed by atoms with Crippen molar-refractivity contribution in [2.75, 3.05) is 0 Å². The molecule has 1 N–H and O–H groups in total. The van der Waals surface area contributed by atoms with Gasteiger partial charge in [0.1, 0.15) is 5.02 Å². The van der Waals surface area contributed by atoms with Crippen LogP contribution in [0, 0.1) is 20.2 Å². The first-order valence-electron chi connectivity index (χ1n) is 3.81. The molecule has 0 saturated heterocycles. The molecule has 10 heteroatoms. The van der Waals surface area contributed by atoms with Gasteiger partial charge in [-0.3, -0.25) is 20.2 Å². The average Bonchev–Trinajstić information content (AvgIpc) is 2.19. The molecule has 0 unspecified atom stereocenters. The van der Waals surface area contributed by atoms with Crippen LogP contribution in [0.3, 0.4) is 0 Å². The Morgan fingerprint density at radius 1 is 1.18 bits per heavy atom. The van der Waals surface area contributed by atoms with Crippen LogP contribution in [0.15, 0.2) is 6.07 Å². The molecule has 0 fully saturated rings. The molecular formula is C7H2Cl2N2O6. The zero-order valence-corrected chi connectivity index (χ0v) is 9.23. The van der Waals surface area contributed by atoms with Gasteiger partial charge in [-0.2, -0.15) is 0 Å². The molecule has 0 heterocycles. The molecule has 0 radical (unpaired) electrons. The van der Waals surface area contributed by atoms with E-state index in [9.17, 15) is 25.0 Å². The van der Waals surface area contributed by atoms with Crippen molar-refractivity contribution in [1.82, 2.24) is 0 Å². The van der Waals surface area contributed by atoms with Gasteiger partial charge in [0, 0.05) is 6.07 Å². The predicted molar refractivity (Wildman–Crippen MR) is 56.7 cm³/mol. The van der Waals surface area contributed by atoms with Crippen LogP contribution in [-0.2, 0) is 0 Å². The van der Waals surface area contributed by atoms with Crippen molar-refractivity contribution in [3.63, 3.8) is 0 Å². The number of hydrogen-bond acceptors (Lipinski definition) is 5. The van der Waals surface area contributed by atoms with Gasteiger partial charge < -0.3 is 5.11 Å². The van der Waals surface area contributed by atoms with E-state index in [0.717, 1.165) is 0 Å². The highest BCUT2D eigenvalue weighted by Crippen LogP contribution is 2.41. The lowest BCUT2D eigenvalue weighted by Crippen LogP contribution is -2.04. The number of nitrogens with zero attached hydrogens (tertiary/aromatic N) is 2. The molecule has 0 saturated carbocycles. The summed E-state index contributed by atoms with van der Waals surface area (Å²) in [7, 11) is 0. The van der Waals surface area contributed by atoms with Gasteiger partial charge in [0.15, 0.2) is 0 Å². The van der Waals surface area contributed by atoms with Gasteiger partial charge in [-0.25, -0.2) is 4.79 Å². The van der Waals surface area contributed by atoms with Gasteiger partial charge in [0.2, 0.25) is 0 Å². The lowest BCUT2D eigenvalue weighted by atomic mass is 10.1. The van der Waals surface area contributed by atoms with E-state index in [1.165, 1.54) is 0 Å². The molecule has 0 aliphatic heterocycles. The monoisotopic (exact) mass is 280 g/mol. The maximum Gasteiger partial charge on any atom is 0.365 e. The molecule has 17 heavy (non-hydrogen) atoms. The quantitative estimate of drug-likeness (QED) is 0.670. The van der Waals surface area contributed by atoms with Crippen LogP contribution < -0.4 is 0 Å². The van der Waals surface area contributed by atoms with Crippen molar-refractivity contribution in [2.45, 2.75) is 0 Å². The van der Waals surface area contributed by atoms with Gasteiger partial charge in [-0.15, -0.1) is 0 Å². The third kappa shape index (κ3) is 2.27. The molecular weight excluding hydrogens is 279 g/mol. The summed E-state index contributed by atoms with van der Waals surface area (Å²) in [6.07, 6.45) is 0. The summed E-state index contributed by atoms with van der Waals surface area (Å²) in [6, 6.07) is 0.495. The summed E-state index contributed by atoms with van der Waals surface area (Å²) < 4.78 is 0. The van der Waals surface area contributed by atoms with Crippen LogP contribution in [0.4, 0.5) is 11.4 Å². The zero-order chi connectivity index (χ0) is 13.3. The summed E-state index contributed by atoms with van der Waals surface area (Å²) in [5.74, 6) is -1.57. The van der Waals surface area contributed by atoms with Crippen LogP contribution in [0.2, 0.25) is 10.0 Å². The predicted octanol–water partition coefficient (Wildman–Crippen LogP) is 2.51. The standard InChI is InChI=1S/C7H2Cl2N2O6/c8-4-2(7(12)13)1-3(10(14)15)6(5(4)9)11(16)17/h1H,(H,12,13). The van der Waals surface area contributed by atoms with E-state index in [4.69, 9.17) is 28.3 Å². The first kappa shape index (κ1) is 13.1. The summed E-state index contributed by atoms with van der Waals surface area (Å²) in [5, 5.41) is 28.5. The van der Waals surface area contributed by atoms with Crippen LogP contribution in [-0.4, -0.2) is 20.9 Å². The summed E-state index contributed by atoms with van der Waals surface area (Å²) in [4.78, 5) is 29.7. The van der Waals surface area contributed by atoms with Crippen molar-refractivity contribution < 1.29 is 19.7 Å². The first-order chi connectivity index (χ1) is 7.77. The minimum Gasteiger partial charge on any atom is -0.478 e. The lowest BCUT2D eigenvalue weighted by Gasteiger charge is -2.03. The van der Waals surface area contributed by atoms with E-state index < -0.39 is 42.8 Å². The molecule has 0 aromatic heterocycles. The molecule has 0 atom stereocenters. The number of carboxylic acid groups (broad SMARTS) is 1. The van der Waals surface area contributed by atoms with Crippen LogP contribution in [0.1, 0.15) is 10.4 Å². The fourth-order valence-corrected chi connectivity index (χ4v) is 1.56. The van der Waals surface area contributed by atoms with Crippen LogP contribution in [0.25, 0.3) is 0 Å². The van der Waals surface area contributed by atoms with Gasteiger partial charge in [0.05, 0.1) is 20.4 Å². The van der Waals surface area contributed by atoms with E-state index in [-0.39, 0.29) is 0 Å². The molecule has 0 amide bonds. The van der Waals surface area contributed by atoms with E-state index >= 15 is 0 Å². The number of hydrogen-bond donors (Lipinski definition) is 1. The maximum absolute atomic E-state index is 10.7. The van der Waals surface area contributed by atoms with Crippen molar-refractivity contribution in [3.05, 3.63) is 41.9 Å². The van der Waals surface area contributed by atoms with Crippen molar-refractivity contribution in [2.24, 2.45) is 0 Å². The topological polar surface area (TPSA) is 124 Å². The Hall–Kier alpha value is -1.93. The van der Waals surface area contributed by atoms with Gasteiger partial charge in [-0.05, 0) is 0 Å². The lowest BCUT2D eigenvalue weighted by molar-refractivity contribution is -0.422. The minimum absolute atomic E-state index is 0.495. The van der Waals surface area contributed by atoms with Crippen molar-refractivity contribution in [1.29, 1.82) is 0 Å². The number of nitro groups is 2. The molecule has 1 rings (SSSR count). The molecule has 0 aliphatic rings. The Balaban J connectivity index is 3.75. The smallest absolute Gasteiger partial charge is 0.365 e. The molecule has 1 aromatic rings. The summed E-state index contributed by atoms with van der Waals surface area (Å²) >= 11 is 10.9. The number of aromatic carboxylic acids is 1. The Kier molecular flexibility index (Phi) is 3.49. The second-order valence-corrected chi connectivity index (χ2v) is 3.50. The SMILES string of the molecule is O=C(O)c1cc([N+](=O)[O-])c([N+](=O)[O-])c(Cl)c1Cl. The van der Waals surface area contributed by atoms with Gasteiger partial charge >= 0.3 is 17.3 Å². The van der Waals surface area contributed by atoms with Crippen molar-refractivity contribution in [3.8, 4) is 0 Å². The van der Waals surface area contributed by atoms with E-state index in [2.05, 4.69) is 0 Å². The van der Waals surface area contributed by atoms with E-state index in [1.54, 1.807) is 0 Å². The Labute approximate surface area is 103 Å². The third-order valence-corrected chi connectivity index (χ3v) is 2.63. The summed E-state index contributed by atoms with van der Waals surface area (Å²) in [5.41, 5.74) is -2.73. The second kappa shape index (κ2) is 4.52. The molecule has 1 aromatic carbocycles. The molecule has 0 aliphatic carbocycles. The highest BCUT2D eigenvalue weighted by molar-refractivity contribution is 6.45. The number of benzene rings is 1. The fraction of sp³-hybridized carbons (Fsp3) is 0. The molecule has 0 spiro atoms. The second-order valence-electron chi connectivity index (χ2n) is 2.74. The van der Waals surface area contributed by atoms with Crippen molar-refractivity contribution >= 4 is 40.5 Å². The fourth-order valence-electron chi connectivity index (χ4n) is 1.07. The van der Waals surface area contributed by atoms with Gasteiger partial charge in [0.25, 0.3) is 0 Å². The van der Waals surface area contributed by atoms with E-state index in [0.29, 0.717) is 6.07 Å². The number of halogens is 2. The molecule has 0 bridgehead atoms. The number of rotatable bonds is 3. The van der Waals surface area contributed by atoms with Crippen LogP contribution in [0.5, 0.6) is 0 Å². The zero-order valence-electron chi connectivity index (χ0n) is 7.72. The Bertz CT molecular complexity index is 544. The summed E-state index contributed by atoms with van der Waals surface area (Å²) in [6.45, 7) is 0. The molecule has 8 nitrogen and oxygen atoms in total. The number of carbonyl (C=O) groups is 1. The number of nitro benzene ring substituents is 2. The normalized spacial score (nSPS) is 10.0. The Morgan fingerprint density at radius 3 is 2.06 bits per heavy atom. The first-order valence-corrected chi connectivity index (χ1v) is 4.57. The molecule has 90 valence electrons. The third-order valence-electron chi connectivity index (χ3n) is 1.77. The van der Waals surface area contributed by atoms with Crippen LogP contribution >= 0.6 is 23.2 Å². The Morgan fingerprint density at radius 2 is 1.71 bits per heavy atom. The highest BCUT2D eigenvalue weighted by atomic mass is 35.5. The minimum atomic E-state index is -1.57. The number of carboxylic acids is 1.